The minimum atomic E-state index is -3.49. The molecule has 6 nitrogen and oxygen atoms in total. The van der Waals surface area contributed by atoms with Crippen LogP contribution in [0.2, 0.25) is 9.41 Å². The molecule has 1 aliphatic heterocycles. The molecule has 0 spiro atoms. The van der Waals surface area contributed by atoms with E-state index in [1.165, 1.54) is 49.9 Å². The number of hydrogen-bond acceptors (Lipinski definition) is 5. The maximum Gasteiger partial charge on any atom is -0.00720 e. The molecule has 1 atom stereocenters. The summed E-state index contributed by atoms with van der Waals surface area (Å²) in [5.41, 5.74) is 0.512. The number of nitrogens with zero attached hydrogens (tertiary/aromatic N) is 1. The van der Waals surface area contributed by atoms with E-state index in [4.69, 9.17) is 4.74 Å². The van der Waals surface area contributed by atoms with Gasteiger partial charge in [-0.25, -0.2) is 0 Å². The molecule has 185 valence electrons. The van der Waals surface area contributed by atoms with Crippen molar-refractivity contribution in [1.29, 1.82) is 0 Å². The number of rotatable bonds is 8. The Labute approximate surface area is 214 Å². The molecule has 1 aromatic heterocycles. The smallest absolute Gasteiger partial charge is 0.00720 e. The minimum absolute atomic E-state index is 0.212. The van der Waals surface area contributed by atoms with Crippen LogP contribution in [0.4, 0.5) is 0 Å². The molecule has 1 amide bonds. The van der Waals surface area contributed by atoms with Gasteiger partial charge in [0.15, 0.2) is 0 Å². The molecule has 34 heavy (non-hydrogen) atoms. The van der Waals surface area contributed by atoms with E-state index in [9.17, 15) is 13.2 Å². The van der Waals surface area contributed by atoms with Crippen LogP contribution in [0.25, 0.3) is 0 Å². The fourth-order valence-corrected chi connectivity index (χ4v) is 11.6. The van der Waals surface area contributed by atoms with Gasteiger partial charge in [0, 0.05) is 0 Å². The predicted molar refractivity (Wildman–Crippen MR) is 137 cm³/mol. The monoisotopic (exact) mass is 565 g/mol. The molecule has 1 N–H and O–H groups in total. The third-order valence-electron chi connectivity index (χ3n) is 6.64. The van der Waals surface area contributed by atoms with Gasteiger partial charge in [0.2, 0.25) is 0 Å². The SMILES string of the molecule is COc1cccc(C(=O)NCc2ccc(S(=O)(=O)N3CCCC([As]C4CCCCC4)CC3)s2)c1. The van der Waals surface area contributed by atoms with Crippen LogP contribution in [0, 0.1) is 0 Å². The van der Waals surface area contributed by atoms with Gasteiger partial charge in [0.05, 0.1) is 7.11 Å². The van der Waals surface area contributed by atoms with Gasteiger partial charge in [-0.15, -0.1) is 0 Å². The van der Waals surface area contributed by atoms with Crippen molar-refractivity contribution in [2.45, 2.75) is 71.5 Å². The summed E-state index contributed by atoms with van der Waals surface area (Å²) in [7, 11) is -1.93. The number of carbonyl (C=O) groups excluding carboxylic acids is 1. The number of ether oxygens (including phenoxy) is 1. The van der Waals surface area contributed by atoms with E-state index in [2.05, 4.69) is 5.32 Å². The van der Waals surface area contributed by atoms with Crippen molar-refractivity contribution >= 4 is 43.0 Å². The quantitative estimate of drug-likeness (QED) is 0.452. The van der Waals surface area contributed by atoms with Crippen LogP contribution in [0.1, 0.15) is 66.6 Å². The maximum absolute atomic E-state index is 13.3. The molecule has 2 heterocycles. The van der Waals surface area contributed by atoms with Crippen molar-refractivity contribution in [3.63, 3.8) is 0 Å². The number of hydrogen-bond donors (Lipinski definition) is 1. The van der Waals surface area contributed by atoms with Crippen molar-refractivity contribution < 1.29 is 17.9 Å². The summed E-state index contributed by atoms with van der Waals surface area (Å²) in [4.78, 5) is 13.3. The first-order valence-electron chi connectivity index (χ1n) is 12.2. The Morgan fingerprint density at radius 2 is 1.82 bits per heavy atom. The topological polar surface area (TPSA) is 75.7 Å². The van der Waals surface area contributed by atoms with Crippen LogP contribution in [0.5, 0.6) is 5.75 Å². The number of amides is 1. The van der Waals surface area contributed by atoms with Crippen molar-refractivity contribution in [1.82, 2.24) is 9.62 Å². The Morgan fingerprint density at radius 3 is 2.62 bits per heavy atom. The van der Waals surface area contributed by atoms with Gasteiger partial charge in [-0.3, -0.25) is 0 Å². The Bertz CT molecular complexity index is 1070. The van der Waals surface area contributed by atoms with E-state index in [0.29, 0.717) is 50.9 Å². The Balaban J connectivity index is 1.32. The van der Waals surface area contributed by atoms with E-state index in [-0.39, 0.29) is 5.91 Å². The fraction of sp³-hybridized carbons (Fsp3) is 0.560. The molecule has 1 radical (unpaired) electrons. The van der Waals surface area contributed by atoms with Gasteiger partial charge in [-0.05, 0) is 18.2 Å². The molecule has 1 aromatic carbocycles. The van der Waals surface area contributed by atoms with Crippen LogP contribution in [0.3, 0.4) is 0 Å². The molecule has 2 aromatic rings. The number of benzene rings is 1. The van der Waals surface area contributed by atoms with Gasteiger partial charge < -0.3 is 4.74 Å². The van der Waals surface area contributed by atoms with E-state index >= 15 is 0 Å². The number of thiophene rings is 1. The van der Waals surface area contributed by atoms with E-state index in [0.717, 1.165) is 27.1 Å². The Hall–Kier alpha value is -1.34. The summed E-state index contributed by atoms with van der Waals surface area (Å²) in [5, 5.41) is 2.88. The van der Waals surface area contributed by atoms with Gasteiger partial charge in [-0.1, -0.05) is 6.07 Å². The second-order valence-corrected chi connectivity index (χ2v) is 16.1. The van der Waals surface area contributed by atoms with Gasteiger partial charge >= 0.3 is 173 Å². The third-order valence-corrected chi connectivity index (χ3v) is 14.0. The zero-order valence-corrected chi connectivity index (χ0v) is 23.3. The number of carbonyl (C=O) groups is 1. The van der Waals surface area contributed by atoms with Crippen LogP contribution in [-0.4, -0.2) is 54.6 Å². The van der Waals surface area contributed by atoms with Crippen LogP contribution in [-0.2, 0) is 16.6 Å². The summed E-state index contributed by atoms with van der Waals surface area (Å²) >= 11 is 1.57. The largest absolute Gasteiger partial charge is 0.00720 e. The van der Waals surface area contributed by atoms with Crippen molar-refractivity contribution in [2.75, 3.05) is 20.2 Å². The first-order valence-corrected chi connectivity index (χ1v) is 16.6. The summed E-state index contributed by atoms with van der Waals surface area (Å²) in [6, 6.07) is 10.5. The summed E-state index contributed by atoms with van der Waals surface area (Å²) in [6.45, 7) is 1.54. The van der Waals surface area contributed by atoms with Gasteiger partial charge in [-0.2, -0.15) is 0 Å². The number of methoxy groups -OCH3 is 1. The summed E-state index contributed by atoms with van der Waals surface area (Å²) in [5.74, 6) is 0.411. The van der Waals surface area contributed by atoms with E-state index in [1.807, 2.05) is 0 Å². The van der Waals surface area contributed by atoms with Crippen molar-refractivity contribution in [3.05, 3.63) is 46.8 Å². The first-order chi connectivity index (χ1) is 16.5. The van der Waals surface area contributed by atoms with Crippen LogP contribution < -0.4 is 10.1 Å². The first kappa shape index (κ1) is 25.7. The normalized spacial score (nSPS) is 20.9. The van der Waals surface area contributed by atoms with E-state index < -0.39 is 10.0 Å². The van der Waals surface area contributed by atoms with Crippen molar-refractivity contribution in [2.24, 2.45) is 0 Å². The molecule has 1 saturated heterocycles. The molecule has 2 fully saturated rings. The second kappa shape index (κ2) is 12.1. The average Bonchev–Trinajstić information content (AvgIpc) is 3.23. The molecule has 4 rings (SSSR count). The van der Waals surface area contributed by atoms with Crippen LogP contribution in [0.15, 0.2) is 40.6 Å². The third kappa shape index (κ3) is 6.65. The fourth-order valence-electron chi connectivity index (χ4n) is 4.72. The maximum atomic E-state index is 13.3. The van der Waals surface area contributed by atoms with Crippen molar-refractivity contribution in [3.8, 4) is 5.75 Å². The average molecular weight is 566 g/mol. The zero-order chi connectivity index (χ0) is 24.0. The standard InChI is InChI=1S/C25H34AsN2O4S2/c1-32-22-11-5-7-19(17-22)25(29)27-18-23-12-13-24(33-23)34(30,31)28-15-6-10-21(14-16-28)26-20-8-3-2-4-9-20/h5,7,11-13,17,20-21H,2-4,6,8-10,14-16,18H2,1H3,(H,27,29). The Kier molecular flexibility index (Phi) is 9.14. The molecule has 9 heteroatoms. The molecular formula is C25H34AsN2O4S2. The molecule has 1 saturated carbocycles. The number of sulfonamides is 1. The minimum Gasteiger partial charge on any atom is -0.00720 e. The molecular weight excluding hydrogens is 531 g/mol. The van der Waals surface area contributed by atoms with Gasteiger partial charge in [0.1, 0.15) is 5.75 Å². The molecule has 1 aliphatic carbocycles. The summed E-state index contributed by atoms with van der Waals surface area (Å²) in [6.07, 6.45) is 10.1. The van der Waals surface area contributed by atoms with Gasteiger partial charge in [0.25, 0.3) is 0 Å². The molecule has 0 bridgehead atoms. The molecule has 1 unspecified atom stereocenters. The second-order valence-electron chi connectivity index (χ2n) is 9.07. The van der Waals surface area contributed by atoms with E-state index in [1.54, 1.807) is 47.8 Å². The predicted octanol–water partition coefficient (Wildman–Crippen LogP) is 5.11. The molecule has 2 aliphatic rings. The zero-order valence-electron chi connectivity index (χ0n) is 19.7. The Morgan fingerprint density at radius 1 is 1.06 bits per heavy atom. The number of nitrogens with one attached hydrogen (secondary N) is 1. The van der Waals surface area contributed by atoms with Crippen LogP contribution >= 0.6 is 11.3 Å². The summed E-state index contributed by atoms with van der Waals surface area (Å²) < 4.78 is 35.6.